The molecule has 0 spiro atoms. The van der Waals surface area contributed by atoms with Crippen LogP contribution in [0, 0.1) is 5.92 Å². The van der Waals surface area contributed by atoms with Gasteiger partial charge in [-0.1, -0.05) is 0 Å². The van der Waals surface area contributed by atoms with E-state index in [1.807, 2.05) is 0 Å². The molecule has 3 saturated heterocycles. The van der Waals surface area contributed by atoms with Gasteiger partial charge >= 0.3 is 0 Å². The molecule has 3 fully saturated rings. The quantitative estimate of drug-likeness (QED) is 0.329. The molecule has 3 aliphatic heterocycles. The number of hydrogen-bond acceptors (Lipinski definition) is 5. The third-order valence-electron chi connectivity index (χ3n) is 5.39. The number of guanidine groups is 1. The third kappa shape index (κ3) is 7.66. The highest BCUT2D eigenvalue weighted by Crippen LogP contribution is 2.24. The van der Waals surface area contributed by atoms with Gasteiger partial charge in [0.15, 0.2) is 15.8 Å². The number of hydrogen-bond donors (Lipinski definition) is 2. The molecule has 3 heterocycles. The average Bonchev–Trinajstić information content (AvgIpc) is 3.18. The number of nitrogens with zero attached hydrogens (tertiary/aromatic N) is 1. The molecule has 0 aliphatic carbocycles. The Morgan fingerprint density at radius 3 is 2.67 bits per heavy atom. The van der Waals surface area contributed by atoms with Crippen LogP contribution >= 0.6 is 24.0 Å². The van der Waals surface area contributed by atoms with E-state index in [0.29, 0.717) is 18.3 Å². The summed E-state index contributed by atoms with van der Waals surface area (Å²) in [4.78, 5) is 4.71. The molecule has 0 radical (unpaired) electrons. The van der Waals surface area contributed by atoms with Crippen LogP contribution in [-0.4, -0.2) is 69.9 Å². The highest BCUT2D eigenvalue weighted by Gasteiger charge is 2.30. The Hall–Kier alpha value is -0.130. The topological polar surface area (TPSA) is 89.0 Å². The number of aliphatic imine (C=N–C) groups is 1. The van der Waals surface area contributed by atoms with E-state index < -0.39 is 9.84 Å². The fraction of sp³-hybridized carbons (Fsp3) is 0.944. The molecule has 3 atom stereocenters. The lowest BCUT2D eigenvalue weighted by Crippen LogP contribution is -2.50. The largest absolute Gasteiger partial charge is 0.376 e. The molecule has 3 unspecified atom stereocenters. The van der Waals surface area contributed by atoms with Crippen molar-refractivity contribution in [1.82, 2.24) is 10.6 Å². The normalized spacial score (nSPS) is 32.7. The first kappa shape index (κ1) is 23.2. The summed E-state index contributed by atoms with van der Waals surface area (Å²) in [6, 6.07) is 0.307. The summed E-state index contributed by atoms with van der Waals surface area (Å²) in [5.41, 5.74) is -0.130. The minimum Gasteiger partial charge on any atom is -0.376 e. The smallest absolute Gasteiger partial charge is 0.191 e. The summed E-state index contributed by atoms with van der Waals surface area (Å²) in [6.45, 7) is 7.08. The summed E-state index contributed by atoms with van der Waals surface area (Å²) >= 11 is 0. The molecule has 0 bridgehead atoms. The van der Waals surface area contributed by atoms with Crippen molar-refractivity contribution < 1.29 is 17.9 Å². The van der Waals surface area contributed by atoms with Crippen molar-refractivity contribution in [2.24, 2.45) is 10.9 Å². The first-order chi connectivity index (χ1) is 12.3. The van der Waals surface area contributed by atoms with E-state index >= 15 is 0 Å². The van der Waals surface area contributed by atoms with Gasteiger partial charge < -0.3 is 20.1 Å². The van der Waals surface area contributed by atoms with Gasteiger partial charge in [0, 0.05) is 32.3 Å². The molecule has 0 saturated carbocycles. The lowest BCUT2D eigenvalue weighted by molar-refractivity contribution is -0.0605. The van der Waals surface area contributed by atoms with Crippen molar-refractivity contribution in [2.45, 2.75) is 63.7 Å². The van der Waals surface area contributed by atoms with Gasteiger partial charge in [0.1, 0.15) is 0 Å². The first-order valence-electron chi connectivity index (χ1n) is 9.82. The zero-order valence-corrected chi connectivity index (χ0v) is 19.6. The van der Waals surface area contributed by atoms with Gasteiger partial charge in [-0.15, -0.1) is 24.0 Å². The fourth-order valence-electron chi connectivity index (χ4n) is 3.95. The predicted molar refractivity (Wildman–Crippen MR) is 118 cm³/mol. The first-order valence-corrected chi connectivity index (χ1v) is 11.6. The Balaban J connectivity index is 0.00000261. The van der Waals surface area contributed by atoms with Gasteiger partial charge in [-0.2, -0.15) is 0 Å². The number of nitrogens with one attached hydrogen (secondary N) is 2. The maximum absolute atomic E-state index is 11.7. The molecule has 158 valence electrons. The highest BCUT2D eigenvalue weighted by molar-refractivity contribution is 14.0. The molecule has 7 nitrogen and oxygen atoms in total. The lowest BCUT2D eigenvalue weighted by Gasteiger charge is -2.36. The summed E-state index contributed by atoms with van der Waals surface area (Å²) in [5, 5.41) is 6.94. The predicted octanol–water partition coefficient (Wildman–Crippen LogP) is 1.71. The molecule has 0 aromatic carbocycles. The molecule has 0 aromatic heterocycles. The molecule has 0 amide bonds. The average molecular weight is 515 g/mol. The van der Waals surface area contributed by atoms with Gasteiger partial charge in [-0.25, -0.2) is 8.42 Å². The van der Waals surface area contributed by atoms with E-state index in [-0.39, 0.29) is 47.4 Å². The van der Waals surface area contributed by atoms with Crippen LogP contribution in [0.15, 0.2) is 4.99 Å². The van der Waals surface area contributed by atoms with Gasteiger partial charge in [-0.05, 0) is 51.9 Å². The van der Waals surface area contributed by atoms with E-state index in [9.17, 15) is 8.42 Å². The van der Waals surface area contributed by atoms with Crippen LogP contribution in [0.25, 0.3) is 0 Å². The maximum Gasteiger partial charge on any atom is 0.191 e. The van der Waals surface area contributed by atoms with Gasteiger partial charge in [0.05, 0.1) is 23.2 Å². The van der Waals surface area contributed by atoms with Crippen molar-refractivity contribution in [3.8, 4) is 0 Å². The minimum absolute atomic E-state index is 0. The Kier molecular flexibility index (Phi) is 8.63. The lowest BCUT2D eigenvalue weighted by atomic mass is 9.94. The molecule has 3 aliphatic rings. The van der Waals surface area contributed by atoms with Crippen LogP contribution in [-0.2, 0) is 19.3 Å². The standard InChI is InChI=1S/C18H33N3O4S.HI/c1-18(2)10-15(5-8-25-18)21-17(20-12-16-4-3-7-24-16)19-11-14-6-9-26(22,23)13-14;/h14-16H,3-13H2,1-2H3,(H2,19,20,21);1H. The molecule has 9 heteroatoms. The molecular weight excluding hydrogens is 481 g/mol. The second-order valence-electron chi connectivity index (χ2n) is 8.42. The van der Waals surface area contributed by atoms with Crippen LogP contribution in [0.1, 0.15) is 46.0 Å². The molecule has 3 rings (SSSR count). The SMILES string of the molecule is CC1(C)CC(NC(=NCC2CCS(=O)(=O)C2)NCC2CCCO2)CCO1.I. The van der Waals surface area contributed by atoms with E-state index in [1.165, 1.54) is 0 Å². The second-order valence-corrected chi connectivity index (χ2v) is 10.6. The van der Waals surface area contributed by atoms with Crippen molar-refractivity contribution >= 4 is 39.8 Å². The minimum atomic E-state index is -2.86. The van der Waals surface area contributed by atoms with E-state index in [1.54, 1.807) is 0 Å². The van der Waals surface area contributed by atoms with Crippen molar-refractivity contribution in [1.29, 1.82) is 0 Å². The van der Waals surface area contributed by atoms with Crippen molar-refractivity contribution in [3.05, 3.63) is 0 Å². The zero-order chi connectivity index (χ0) is 18.6. The molecular formula is C18H34IN3O4S. The van der Waals surface area contributed by atoms with Crippen LogP contribution in [0.3, 0.4) is 0 Å². The second kappa shape index (κ2) is 10.1. The van der Waals surface area contributed by atoms with Crippen LogP contribution in [0.2, 0.25) is 0 Å². The van der Waals surface area contributed by atoms with E-state index in [2.05, 4.69) is 24.5 Å². The number of ether oxygens (including phenoxy) is 2. The molecule has 0 aromatic rings. The number of halogens is 1. The Labute approximate surface area is 180 Å². The highest BCUT2D eigenvalue weighted by atomic mass is 127. The summed E-state index contributed by atoms with van der Waals surface area (Å²) < 4.78 is 34.8. The van der Waals surface area contributed by atoms with Gasteiger partial charge in [0.25, 0.3) is 0 Å². The monoisotopic (exact) mass is 515 g/mol. The summed E-state index contributed by atoms with van der Waals surface area (Å²) in [7, 11) is -2.86. The van der Waals surface area contributed by atoms with Crippen LogP contribution in [0.4, 0.5) is 0 Å². The number of rotatable bonds is 5. The number of sulfone groups is 1. The Bertz CT molecular complexity index is 606. The van der Waals surface area contributed by atoms with Crippen LogP contribution < -0.4 is 10.6 Å². The van der Waals surface area contributed by atoms with E-state index in [4.69, 9.17) is 14.5 Å². The van der Waals surface area contributed by atoms with E-state index in [0.717, 1.165) is 57.8 Å². The van der Waals surface area contributed by atoms with Gasteiger partial charge in [-0.3, -0.25) is 4.99 Å². The van der Waals surface area contributed by atoms with Crippen LogP contribution in [0.5, 0.6) is 0 Å². The zero-order valence-electron chi connectivity index (χ0n) is 16.4. The third-order valence-corrected chi connectivity index (χ3v) is 7.23. The summed E-state index contributed by atoms with van der Waals surface area (Å²) in [5.74, 6) is 1.47. The van der Waals surface area contributed by atoms with Crippen molar-refractivity contribution in [2.75, 3.05) is 37.8 Å². The molecule has 2 N–H and O–H groups in total. The Morgan fingerprint density at radius 2 is 2.04 bits per heavy atom. The summed E-state index contributed by atoms with van der Waals surface area (Å²) in [6.07, 6.45) is 5.01. The Morgan fingerprint density at radius 1 is 1.22 bits per heavy atom. The van der Waals surface area contributed by atoms with Gasteiger partial charge in [0.2, 0.25) is 0 Å². The fourth-order valence-corrected chi connectivity index (χ4v) is 5.80. The maximum atomic E-state index is 11.7. The van der Waals surface area contributed by atoms with Crippen molar-refractivity contribution in [3.63, 3.8) is 0 Å². The molecule has 27 heavy (non-hydrogen) atoms.